The minimum atomic E-state index is -0.386. The molecule has 0 amide bonds. The van der Waals surface area contributed by atoms with Crippen molar-refractivity contribution in [2.45, 2.75) is 0 Å². The summed E-state index contributed by atoms with van der Waals surface area (Å²) < 4.78 is 0. The van der Waals surface area contributed by atoms with Crippen molar-refractivity contribution < 1.29 is 4.92 Å². The van der Waals surface area contributed by atoms with Gasteiger partial charge in [0.2, 0.25) is 0 Å². The highest BCUT2D eigenvalue weighted by molar-refractivity contribution is 5.82. The summed E-state index contributed by atoms with van der Waals surface area (Å²) in [6, 6.07) is 19.0. The quantitative estimate of drug-likeness (QED) is 0.524. The largest absolute Gasteiger partial charge is 0.369 e. The molecule has 1 saturated heterocycles. The van der Waals surface area contributed by atoms with Gasteiger partial charge >= 0.3 is 0 Å². The number of nitro benzene ring substituents is 1. The number of benzene rings is 2. The number of nitrogens with zero attached hydrogens (tertiary/aromatic N) is 4. The predicted octanol–water partition coefficient (Wildman–Crippen LogP) is 3.38. The molecule has 2 heterocycles. The van der Waals surface area contributed by atoms with Crippen LogP contribution in [-0.4, -0.2) is 54.1 Å². The Bertz CT molecular complexity index is 955. The molecule has 144 valence electrons. The summed E-state index contributed by atoms with van der Waals surface area (Å²) >= 11 is 0. The van der Waals surface area contributed by atoms with Crippen LogP contribution in [0.2, 0.25) is 0 Å². The Balaban J connectivity index is 1.27. The first-order valence-corrected chi connectivity index (χ1v) is 9.50. The molecule has 1 N–H and O–H groups in total. The maximum atomic E-state index is 10.9. The number of hydrogen-bond acceptors (Lipinski definition) is 6. The topological polar surface area (TPSA) is 74.5 Å². The van der Waals surface area contributed by atoms with E-state index < -0.39 is 0 Å². The smallest absolute Gasteiger partial charge is 0.270 e. The lowest BCUT2D eigenvalue weighted by atomic mass is 10.2. The SMILES string of the molecule is O=[N+]([O-])c1ccc2nc(NCCN3CCN(c4ccccc4)CC3)ccc2c1. The first-order chi connectivity index (χ1) is 13.7. The van der Waals surface area contributed by atoms with Crippen molar-refractivity contribution in [2.75, 3.05) is 49.5 Å². The molecular formula is C21H23N5O2. The zero-order valence-electron chi connectivity index (χ0n) is 15.6. The number of piperazine rings is 1. The Morgan fingerprint density at radius 1 is 1.00 bits per heavy atom. The van der Waals surface area contributed by atoms with Crippen LogP contribution in [0.1, 0.15) is 0 Å². The molecule has 0 saturated carbocycles. The Hall–Kier alpha value is -3.19. The summed E-state index contributed by atoms with van der Waals surface area (Å²) in [7, 11) is 0. The minimum Gasteiger partial charge on any atom is -0.369 e. The van der Waals surface area contributed by atoms with Crippen LogP contribution in [0.15, 0.2) is 60.7 Å². The van der Waals surface area contributed by atoms with Gasteiger partial charge in [-0.3, -0.25) is 15.0 Å². The molecule has 0 unspecified atom stereocenters. The third-order valence-electron chi connectivity index (χ3n) is 5.11. The minimum absolute atomic E-state index is 0.0876. The number of pyridine rings is 1. The van der Waals surface area contributed by atoms with E-state index in [0.29, 0.717) is 0 Å². The summed E-state index contributed by atoms with van der Waals surface area (Å²) in [6.45, 7) is 5.95. The highest BCUT2D eigenvalue weighted by Gasteiger charge is 2.16. The number of nitrogens with one attached hydrogen (secondary N) is 1. The second-order valence-electron chi connectivity index (χ2n) is 6.92. The van der Waals surface area contributed by atoms with E-state index in [1.54, 1.807) is 12.1 Å². The van der Waals surface area contributed by atoms with E-state index in [4.69, 9.17) is 0 Å². The van der Waals surface area contributed by atoms with Gasteiger partial charge in [0.1, 0.15) is 5.82 Å². The van der Waals surface area contributed by atoms with Gasteiger partial charge in [0.05, 0.1) is 10.4 Å². The van der Waals surface area contributed by atoms with Gasteiger partial charge in [-0.15, -0.1) is 0 Å². The van der Waals surface area contributed by atoms with Crippen molar-refractivity contribution in [1.29, 1.82) is 0 Å². The fraction of sp³-hybridized carbons (Fsp3) is 0.286. The molecule has 0 spiro atoms. The summed E-state index contributed by atoms with van der Waals surface area (Å²) in [5.74, 6) is 0.796. The van der Waals surface area contributed by atoms with Gasteiger partial charge in [-0.1, -0.05) is 18.2 Å². The van der Waals surface area contributed by atoms with Gasteiger partial charge < -0.3 is 10.2 Å². The number of fused-ring (bicyclic) bond motifs is 1. The fourth-order valence-electron chi connectivity index (χ4n) is 3.54. The Kier molecular flexibility index (Phi) is 5.34. The lowest BCUT2D eigenvalue weighted by Crippen LogP contribution is -2.47. The number of rotatable bonds is 6. The Morgan fingerprint density at radius 2 is 1.79 bits per heavy atom. The molecule has 7 heteroatoms. The van der Waals surface area contributed by atoms with Crippen LogP contribution in [0.5, 0.6) is 0 Å². The lowest BCUT2D eigenvalue weighted by Gasteiger charge is -2.36. The number of non-ortho nitro benzene ring substituents is 1. The van der Waals surface area contributed by atoms with Gasteiger partial charge in [-0.2, -0.15) is 0 Å². The highest BCUT2D eigenvalue weighted by Crippen LogP contribution is 2.21. The molecule has 4 rings (SSSR count). The molecule has 1 aliphatic heterocycles. The number of hydrogen-bond donors (Lipinski definition) is 1. The van der Waals surface area contributed by atoms with Gasteiger partial charge in [0.25, 0.3) is 5.69 Å². The summed E-state index contributed by atoms with van der Waals surface area (Å²) in [5.41, 5.74) is 2.14. The summed E-state index contributed by atoms with van der Waals surface area (Å²) in [5, 5.41) is 15.0. The maximum Gasteiger partial charge on any atom is 0.270 e. The molecule has 3 aromatic rings. The number of nitro groups is 1. The van der Waals surface area contributed by atoms with E-state index in [0.717, 1.165) is 56.0 Å². The van der Waals surface area contributed by atoms with E-state index >= 15 is 0 Å². The molecule has 2 aromatic carbocycles. The van der Waals surface area contributed by atoms with Crippen molar-refractivity contribution in [1.82, 2.24) is 9.88 Å². The summed E-state index contributed by atoms with van der Waals surface area (Å²) in [6.07, 6.45) is 0. The van der Waals surface area contributed by atoms with Crippen molar-refractivity contribution in [3.8, 4) is 0 Å². The first kappa shape index (κ1) is 18.2. The maximum absolute atomic E-state index is 10.9. The zero-order chi connectivity index (χ0) is 19.3. The standard InChI is InChI=1S/C21H23N5O2/c27-26(28)19-7-8-20-17(16-19)6-9-21(23-20)22-10-11-24-12-14-25(15-13-24)18-4-2-1-3-5-18/h1-9,16H,10-15H2,(H,22,23). The van der Waals surface area contributed by atoms with Crippen LogP contribution >= 0.6 is 0 Å². The van der Waals surface area contributed by atoms with Gasteiger partial charge in [0.15, 0.2) is 0 Å². The van der Waals surface area contributed by atoms with E-state index in [1.807, 2.05) is 18.2 Å². The van der Waals surface area contributed by atoms with E-state index in [-0.39, 0.29) is 10.6 Å². The van der Waals surface area contributed by atoms with Gasteiger partial charge in [-0.25, -0.2) is 4.98 Å². The average Bonchev–Trinajstić information content (AvgIpc) is 2.74. The molecule has 1 aromatic heterocycles. The number of anilines is 2. The van der Waals surface area contributed by atoms with Crippen LogP contribution in [0.4, 0.5) is 17.2 Å². The fourth-order valence-corrected chi connectivity index (χ4v) is 3.54. The van der Waals surface area contributed by atoms with Crippen LogP contribution in [0.3, 0.4) is 0 Å². The number of aromatic nitrogens is 1. The molecule has 0 atom stereocenters. The van der Waals surface area contributed by atoms with Crippen LogP contribution in [0.25, 0.3) is 10.9 Å². The second-order valence-corrected chi connectivity index (χ2v) is 6.92. The van der Waals surface area contributed by atoms with E-state index in [2.05, 4.69) is 44.4 Å². The molecule has 0 aliphatic carbocycles. The predicted molar refractivity (Wildman–Crippen MR) is 112 cm³/mol. The van der Waals surface area contributed by atoms with Crippen LogP contribution in [0, 0.1) is 10.1 Å². The average molecular weight is 377 g/mol. The molecule has 0 bridgehead atoms. The molecule has 1 aliphatic rings. The third-order valence-corrected chi connectivity index (χ3v) is 5.11. The Morgan fingerprint density at radius 3 is 2.54 bits per heavy atom. The van der Waals surface area contributed by atoms with Gasteiger partial charge in [-0.05, 0) is 30.3 Å². The monoisotopic (exact) mass is 377 g/mol. The van der Waals surface area contributed by atoms with Crippen molar-refractivity contribution in [3.63, 3.8) is 0 Å². The number of para-hydroxylation sites is 1. The summed E-state index contributed by atoms with van der Waals surface area (Å²) in [4.78, 5) is 19.9. The van der Waals surface area contributed by atoms with Crippen molar-refractivity contribution in [3.05, 3.63) is 70.8 Å². The molecule has 7 nitrogen and oxygen atoms in total. The molecule has 28 heavy (non-hydrogen) atoms. The molecule has 1 fully saturated rings. The zero-order valence-corrected chi connectivity index (χ0v) is 15.6. The van der Waals surface area contributed by atoms with Crippen molar-refractivity contribution in [2.24, 2.45) is 0 Å². The van der Waals surface area contributed by atoms with E-state index in [1.165, 1.54) is 11.8 Å². The molecular weight excluding hydrogens is 354 g/mol. The second kappa shape index (κ2) is 8.22. The van der Waals surface area contributed by atoms with Crippen molar-refractivity contribution >= 4 is 28.1 Å². The normalized spacial score (nSPS) is 14.9. The Labute approximate surface area is 163 Å². The van der Waals surface area contributed by atoms with Crippen LogP contribution in [-0.2, 0) is 0 Å². The lowest BCUT2D eigenvalue weighted by molar-refractivity contribution is -0.384. The van der Waals surface area contributed by atoms with Crippen LogP contribution < -0.4 is 10.2 Å². The highest BCUT2D eigenvalue weighted by atomic mass is 16.6. The van der Waals surface area contributed by atoms with Gasteiger partial charge in [0, 0.05) is 62.5 Å². The third kappa shape index (κ3) is 4.20. The van der Waals surface area contributed by atoms with E-state index in [9.17, 15) is 10.1 Å². The molecule has 0 radical (unpaired) electrons. The first-order valence-electron chi connectivity index (χ1n) is 9.50.